The lowest BCUT2D eigenvalue weighted by atomic mass is 10.2. The monoisotopic (exact) mass is 308 g/mol. The molecule has 0 saturated heterocycles. The van der Waals surface area contributed by atoms with E-state index in [0.29, 0.717) is 16.3 Å². The van der Waals surface area contributed by atoms with Gasteiger partial charge in [-0.3, -0.25) is 4.79 Å². The fourth-order valence-electron chi connectivity index (χ4n) is 1.59. The number of H-pyrrole nitrogens is 1. The zero-order valence-corrected chi connectivity index (χ0v) is 12.8. The Balaban J connectivity index is 2.31. The SMILES string of the molecule is CCCc1cc(=O)[nH]c(Sc2nc(NC)nc(OC)n2)n1. The Bertz CT molecular complexity index is 653. The van der Waals surface area contributed by atoms with E-state index >= 15 is 0 Å². The molecule has 0 amide bonds. The first-order valence-corrected chi connectivity index (χ1v) is 7.22. The number of ether oxygens (including phenoxy) is 1. The van der Waals surface area contributed by atoms with Gasteiger partial charge in [-0.25, -0.2) is 4.98 Å². The topological polar surface area (TPSA) is 106 Å². The average Bonchev–Trinajstić information content (AvgIpc) is 2.46. The third kappa shape index (κ3) is 4.15. The Morgan fingerprint density at radius 3 is 2.81 bits per heavy atom. The smallest absolute Gasteiger partial charge is 0.321 e. The van der Waals surface area contributed by atoms with Crippen molar-refractivity contribution in [3.63, 3.8) is 0 Å². The minimum absolute atomic E-state index is 0.189. The molecule has 2 aromatic heterocycles. The fourth-order valence-corrected chi connectivity index (χ4v) is 2.33. The van der Waals surface area contributed by atoms with Crippen LogP contribution in [-0.2, 0) is 6.42 Å². The second kappa shape index (κ2) is 7.02. The molecular formula is C12H16N6O2S. The van der Waals surface area contributed by atoms with Crippen molar-refractivity contribution in [3.05, 3.63) is 22.1 Å². The molecule has 2 N–H and O–H groups in total. The van der Waals surface area contributed by atoms with E-state index in [4.69, 9.17) is 4.74 Å². The maximum absolute atomic E-state index is 11.6. The van der Waals surface area contributed by atoms with Gasteiger partial charge in [-0.2, -0.15) is 15.0 Å². The number of hydrogen-bond acceptors (Lipinski definition) is 8. The Morgan fingerprint density at radius 1 is 1.33 bits per heavy atom. The van der Waals surface area contributed by atoms with Crippen LogP contribution in [0.15, 0.2) is 21.2 Å². The lowest BCUT2D eigenvalue weighted by Gasteiger charge is -2.05. The van der Waals surface area contributed by atoms with Crippen molar-refractivity contribution in [2.75, 3.05) is 19.5 Å². The molecule has 21 heavy (non-hydrogen) atoms. The highest BCUT2D eigenvalue weighted by molar-refractivity contribution is 7.99. The van der Waals surface area contributed by atoms with Crippen LogP contribution in [0, 0.1) is 0 Å². The summed E-state index contributed by atoms with van der Waals surface area (Å²) in [6.45, 7) is 2.03. The van der Waals surface area contributed by atoms with Gasteiger partial charge in [0.25, 0.3) is 5.56 Å². The molecule has 2 rings (SSSR count). The summed E-state index contributed by atoms with van der Waals surface area (Å²) in [4.78, 5) is 31.0. The van der Waals surface area contributed by atoms with Crippen LogP contribution in [-0.4, -0.2) is 39.1 Å². The summed E-state index contributed by atoms with van der Waals surface area (Å²) in [5.74, 6) is 0.386. The van der Waals surface area contributed by atoms with E-state index in [2.05, 4.69) is 30.2 Å². The Hall–Kier alpha value is -2.16. The molecule has 0 aliphatic carbocycles. The largest absolute Gasteiger partial charge is 0.467 e. The lowest BCUT2D eigenvalue weighted by Crippen LogP contribution is -2.10. The molecule has 0 aliphatic heterocycles. The van der Waals surface area contributed by atoms with Crippen LogP contribution in [0.5, 0.6) is 6.01 Å². The number of aromatic amines is 1. The lowest BCUT2D eigenvalue weighted by molar-refractivity contribution is 0.374. The highest BCUT2D eigenvalue weighted by Gasteiger charge is 2.10. The van der Waals surface area contributed by atoms with Crippen molar-refractivity contribution in [1.82, 2.24) is 24.9 Å². The molecule has 2 heterocycles. The summed E-state index contributed by atoms with van der Waals surface area (Å²) in [6, 6.07) is 1.70. The van der Waals surface area contributed by atoms with Gasteiger partial charge >= 0.3 is 6.01 Å². The number of anilines is 1. The summed E-state index contributed by atoms with van der Waals surface area (Å²) in [5.41, 5.74) is 0.560. The minimum atomic E-state index is -0.189. The predicted octanol–water partition coefficient (Wildman–Crippen LogP) is 1.11. The molecule has 0 fully saturated rings. The van der Waals surface area contributed by atoms with Gasteiger partial charge < -0.3 is 15.0 Å². The van der Waals surface area contributed by atoms with E-state index in [-0.39, 0.29) is 11.6 Å². The van der Waals surface area contributed by atoms with Crippen LogP contribution in [0.1, 0.15) is 19.0 Å². The summed E-state index contributed by atoms with van der Waals surface area (Å²) in [6.07, 6.45) is 1.67. The van der Waals surface area contributed by atoms with Gasteiger partial charge in [-0.05, 0) is 18.2 Å². The van der Waals surface area contributed by atoms with Gasteiger partial charge in [0.15, 0.2) is 5.16 Å². The summed E-state index contributed by atoms with van der Waals surface area (Å²) in [5, 5.41) is 3.66. The molecule has 9 heteroatoms. The van der Waals surface area contributed by atoms with Crippen LogP contribution in [0.25, 0.3) is 0 Å². The van der Waals surface area contributed by atoms with E-state index in [9.17, 15) is 4.79 Å². The third-order valence-corrected chi connectivity index (χ3v) is 3.22. The number of methoxy groups -OCH3 is 1. The average molecular weight is 308 g/mol. The maximum Gasteiger partial charge on any atom is 0.321 e. The van der Waals surface area contributed by atoms with Gasteiger partial charge in [-0.1, -0.05) is 13.3 Å². The number of aromatic nitrogens is 5. The molecule has 0 unspecified atom stereocenters. The van der Waals surface area contributed by atoms with Gasteiger partial charge in [0.2, 0.25) is 11.1 Å². The molecule has 112 valence electrons. The Kier molecular flexibility index (Phi) is 5.09. The molecule has 0 atom stereocenters. The molecule has 0 aromatic carbocycles. The second-order valence-electron chi connectivity index (χ2n) is 4.07. The minimum Gasteiger partial charge on any atom is -0.467 e. The van der Waals surface area contributed by atoms with Gasteiger partial charge in [0.05, 0.1) is 7.11 Å². The van der Waals surface area contributed by atoms with Crippen molar-refractivity contribution in [3.8, 4) is 6.01 Å². The summed E-state index contributed by atoms with van der Waals surface area (Å²) >= 11 is 1.15. The van der Waals surface area contributed by atoms with Crippen molar-refractivity contribution in [2.24, 2.45) is 0 Å². The summed E-state index contributed by atoms with van der Waals surface area (Å²) < 4.78 is 5.01. The number of nitrogens with one attached hydrogen (secondary N) is 2. The first kappa shape index (κ1) is 15.2. The van der Waals surface area contributed by atoms with Crippen molar-refractivity contribution < 1.29 is 4.74 Å². The zero-order valence-electron chi connectivity index (χ0n) is 12.0. The van der Waals surface area contributed by atoms with Crippen LogP contribution >= 0.6 is 11.8 Å². The van der Waals surface area contributed by atoms with Crippen LogP contribution in [0.3, 0.4) is 0 Å². The molecule has 0 radical (unpaired) electrons. The molecule has 0 spiro atoms. The number of aryl methyl sites for hydroxylation is 1. The van der Waals surface area contributed by atoms with Gasteiger partial charge in [0.1, 0.15) is 0 Å². The maximum atomic E-state index is 11.6. The fraction of sp³-hybridized carbons (Fsp3) is 0.417. The molecule has 0 aliphatic rings. The Morgan fingerprint density at radius 2 is 2.14 bits per heavy atom. The third-order valence-electron chi connectivity index (χ3n) is 2.47. The summed E-state index contributed by atoms with van der Waals surface area (Å²) in [7, 11) is 3.18. The van der Waals surface area contributed by atoms with E-state index < -0.39 is 0 Å². The normalized spacial score (nSPS) is 10.4. The van der Waals surface area contributed by atoms with Gasteiger partial charge in [-0.15, -0.1) is 0 Å². The standard InChI is InChI=1S/C12H16N6O2S/c1-4-5-7-6-8(19)15-11(14-7)21-12-17-9(13-2)16-10(18-12)20-3/h6H,4-5H2,1-3H3,(H,14,15,19)(H,13,16,17,18). The first-order valence-electron chi connectivity index (χ1n) is 6.40. The van der Waals surface area contributed by atoms with Crippen molar-refractivity contribution in [2.45, 2.75) is 30.1 Å². The second-order valence-corrected chi connectivity index (χ2v) is 5.03. The van der Waals surface area contributed by atoms with Crippen LogP contribution < -0.4 is 15.6 Å². The van der Waals surface area contributed by atoms with Crippen molar-refractivity contribution >= 4 is 17.7 Å². The van der Waals surface area contributed by atoms with Crippen LogP contribution in [0.2, 0.25) is 0 Å². The Labute approximate surface area is 125 Å². The molecule has 2 aromatic rings. The quantitative estimate of drug-likeness (QED) is 0.764. The molecule has 0 saturated carbocycles. The highest BCUT2D eigenvalue weighted by atomic mass is 32.2. The molecule has 0 bridgehead atoms. The van der Waals surface area contributed by atoms with Crippen molar-refractivity contribution in [1.29, 1.82) is 0 Å². The van der Waals surface area contributed by atoms with E-state index in [1.54, 1.807) is 7.05 Å². The molecule has 8 nitrogen and oxygen atoms in total. The van der Waals surface area contributed by atoms with E-state index in [0.717, 1.165) is 30.3 Å². The zero-order chi connectivity index (χ0) is 15.2. The van der Waals surface area contributed by atoms with Crippen LogP contribution in [0.4, 0.5) is 5.95 Å². The number of hydrogen-bond donors (Lipinski definition) is 2. The molecular weight excluding hydrogens is 292 g/mol. The van der Waals surface area contributed by atoms with Gasteiger partial charge in [0, 0.05) is 18.8 Å². The number of rotatable bonds is 6. The first-order chi connectivity index (χ1) is 10.1. The number of nitrogens with zero attached hydrogens (tertiary/aromatic N) is 4. The predicted molar refractivity (Wildman–Crippen MR) is 78.9 cm³/mol. The van der Waals surface area contributed by atoms with E-state index in [1.165, 1.54) is 13.2 Å². The van der Waals surface area contributed by atoms with E-state index in [1.807, 2.05) is 6.92 Å². The highest BCUT2D eigenvalue weighted by Crippen LogP contribution is 2.22.